The average molecular weight is 394 g/mol. The molecule has 0 aliphatic carbocycles. The fourth-order valence-corrected chi connectivity index (χ4v) is 3.00. The van der Waals surface area contributed by atoms with Gasteiger partial charge in [-0.2, -0.15) is 0 Å². The number of aromatic nitrogens is 2. The minimum absolute atomic E-state index is 0.129. The summed E-state index contributed by atoms with van der Waals surface area (Å²) in [6.07, 6.45) is 1.09. The summed E-state index contributed by atoms with van der Waals surface area (Å²) < 4.78 is 0. The minimum atomic E-state index is -0.697. The molecule has 1 fully saturated rings. The number of hydrogen-bond donors (Lipinski definition) is 1. The van der Waals surface area contributed by atoms with Crippen molar-refractivity contribution in [2.75, 3.05) is 43.4 Å². The predicted octanol–water partition coefficient (Wildman–Crippen LogP) is 2.44. The molecular formula is C15H16ClN7O4. The molecule has 1 aromatic carbocycles. The molecule has 12 heteroatoms. The van der Waals surface area contributed by atoms with Gasteiger partial charge in [-0.1, -0.05) is 11.6 Å². The first-order chi connectivity index (χ1) is 12.9. The van der Waals surface area contributed by atoms with Crippen LogP contribution in [0.2, 0.25) is 5.15 Å². The second-order valence-corrected chi connectivity index (χ2v) is 6.35. The maximum atomic E-state index is 11.3. The van der Waals surface area contributed by atoms with Crippen LogP contribution in [0.3, 0.4) is 0 Å². The normalized spacial score (nSPS) is 14.8. The van der Waals surface area contributed by atoms with Crippen molar-refractivity contribution < 1.29 is 9.85 Å². The highest BCUT2D eigenvalue weighted by Crippen LogP contribution is 2.36. The Balaban J connectivity index is 2.03. The van der Waals surface area contributed by atoms with Gasteiger partial charge in [0.15, 0.2) is 0 Å². The van der Waals surface area contributed by atoms with E-state index in [0.29, 0.717) is 11.4 Å². The van der Waals surface area contributed by atoms with Crippen molar-refractivity contribution in [1.29, 1.82) is 0 Å². The lowest BCUT2D eigenvalue weighted by molar-refractivity contribution is -0.384. The highest BCUT2D eigenvalue weighted by atomic mass is 35.5. The Kier molecular flexibility index (Phi) is 5.33. The van der Waals surface area contributed by atoms with Gasteiger partial charge in [0.2, 0.25) is 11.0 Å². The van der Waals surface area contributed by atoms with Crippen molar-refractivity contribution in [1.82, 2.24) is 14.9 Å². The van der Waals surface area contributed by atoms with Crippen LogP contribution in [-0.2, 0) is 0 Å². The molecule has 27 heavy (non-hydrogen) atoms. The lowest BCUT2D eigenvalue weighted by atomic mass is 10.2. The molecule has 2 heterocycles. The van der Waals surface area contributed by atoms with E-state index in [2.05, 4.69) is 25.1 Å². The standard InChI is InChI=1S/C15H16ClN7O4/c1-20-4-6-21(7-5-20)12-3-2-10(22(24)25)8-11(12)19-15-13(23(26)27)14(16)17-9-18-15/h2-3,8-9H,4-7H2,1H3,(H,17,18,19). The van der Waals surface area contributed by atoms with Gasteiger partial charge in [-0.25, -0.2) is 9.97 Å². The third-order valence-electron chi connectivity index (χ3n) is 4.25. The fourth-order valence-electron chi connectivity index (χ4n) is 2.80. The molecule has 0 amide bonds. The molecule has 0 spiro atoms. The van der Waals surface area contributed by atoms with E-state index in [4.69, 9.17) is 11.6 Å². The molecule has 1 aliphatic rings. The molecule has 3 rings (SSSR count). The molecule has 1 saturated heterocycles. The number of rotatable bonds is 5. The Morgan fingerprint density at radius 3 is 2.44 bits per heavy atom. The first-order valence-corrected chi connectivity index (χ1v) is 8.38. The maximum Gasteiger partial charge on any atom is 0.348 e. The number of nitrogens with one attached hydrogen (secondary N) is 1. The molecule has 0 saturated carbocycles. The SMILES string of the molecule is CN1CCN(c2ccc([N+](=O)[O-])cc2Nc2ncnc(Cl)c2[N+](=O)[O-])CC1. The molecule has 0 unspecified atom stereocenters. The highest BCUT2D eigenvalue weighted by Gasteiger charge is 2.25. The van der Waals surface area contributed by atoms with E-state index in [9.17, 15) is 20.2 Å². The van der Waals surface area contributed by atoms with Gasteiger partial charge in [0.05, 0.1) is 21.2 Å². The lowest BCUT2D eigenvalue weighted by Gasteiger charge is -2.35. The molecule has 0 bridgehead atoms. The Hall–Kier alpha value is -3.05. The van der Waals surface area contributed by atoms with Crippen molar-refractivity contribution in [3.63, 3.8) is 0 Å². The summed E-state index contributed by atoms with van der Waals surface area (Å²) in [5.74, 6) is -0.129. The van der Waals surface area contributed by atoms with Gasteiger partial charge in [0, 0.05) is 38.3 Å². The van der Waals surface area contributed by atoms with E-state index in [1.165, 1.54) is 12.1 Å². The summed E-state index contributed by atoms with van der Waals surface area (Å²) in [6, 6.07) is 4.36. The zero-order chi connectivity index (χ0) is 19.6. The van der Waals surface area contributed by atoms with Crippen LogP contribution in [0, 0.1) is 20.2 Å². The Labute approximate surface area is 158 Å². The predicted molar refractivity (Wildman–Crippen MR) is 99.8 cm³/mol. The monoisotopic (exact) mass is 393 g/mol. The van der Waals surface area contributed by atoms with E-state index in [0.717, 1.165) is 32.5 Å². The second-order valence-electron chi connectivity index (χ2n) is 5.99. The first kappa shape index (κ1) is 18.7. The van der Waals surface area contributed by atoms with E-state index in [-0.39, 0.29) is 16.7 Å². The van der Waals surface area contributed by atoms with Crippen LogP contribution in [-0.4, -0.2) is 57.9 Å². The minimum Gasteiger partial charge on any atom is -0.367 e. The van der Waals surface area contributed by atoms with Crippen molar-refractivity contribution in [2.45, 2.75) is 0 Å². The van der Waals surface area contributed by atoms with Crippen LogP contribution in [0.4, 0.5) is 28.6 Å². The number of anilines is 3. The van der Waals surface area contributed by atoms with E-state index in [1.807, 2.05) is 7.05 Å². The number of likely N-dealkylation sites (N-methyl/N-ethyl adjacent to an activating group) is 1. The highest BCUT2D eigenvalue weighted by molar-refractivity contribution is 6.31. The average Bonchev–Trinajstić information content (AvgIpc) is 2.62. The van der Waals surface area contributed by atoms with Gasteiger partial charge in [0.1, 0.15) is 6.33 Å². The van der Waals surface area contributed by atoms with Gasteiger partial charge >= 0.3 is 5.69 Å². The molecule has 1 aromatic heterocycles. The molecule has 1 N–H and O–H groups in total. The van der Waals surface area contributed by atoms with E-state index < -0.39 is 15.5 Å². The quantitative estimate of drug-likeness (QED) is 0.462. The number of benzene rings is 1. The van der Waals surface area contributed by atoms with Gasteiger partial charge in [-0.15, -0.1) is 0 Å². The Bertz CT molecular complexity index is 886. The number of nitro groups is 2. The van der Waals surface area contributed by atoms with Crippen LogP contribution >= 0.6 is 11.6 Å². The van der Waals surface area contributed by atoms with Crippen molar-refractivity contribution in [3.05, 3.63) is 49.9 Å². The largest absolute Gasteiger partial charge is 0.367 e. The maximum absolute atomic E-state index is 11.3. The Morgan fingerprint density at radius 1 is 1.11 bits per heavy atom. The van der Waals surface area contributed by atoms with Crippen LogP contribution in [0.1, 0.15) is 0 Å². The zero-order valence-corrected chi connectivity index (χ0v) is 15.1. The van der Waals surface area contributed by atoms with Crippen LogP contribution < -0.4 is 10.2 Å². The first-order valence-electron chi connectivity index (χ1n) is 8.00. The topological polar surface area (TPSA) is 131 Å². The fraction of sp³-hybridized carbons (Fsp3) is 0.333. The smallest absolute Gasteiger partial charge is 0.348 e. The molecule has 11 nitrogen and oxygen atoms in total. The summed E-state index contributed by atoms with van der Waals surface area (Å²) >= 11 is 5.82. The molecular weight excluding hydrogens is 378 g/mol. The summed E-state index contributed by atoms with van der Waals surface area (Å²) in [4.78, 5) is 33.0. The molecule has 2 aromatic rings. The van der Waals surface area contributed by atoms with E-state index in [1.54, 1.807) is 6.07 Å². The number of piperazine rings is 1. The van der Waals surface area contributed by atoms with Gasteiger partial charge in [-0.3, -0.25) is 20.2 Å². The zero-order valence-electron chi connectivity index (χ0n) is 14.3. The summed E-state index contributed by atoms with van der Waals surface area (Å²) in [5.41, 5.74) is 0.400. The van der Waals surface area contributed by atoms with Crippen LogP contribution in [0.25, 0.3) is 0 Å². The van der Waals surface area contributed by atoms with Crippen LogP contribution in [0.15, 0.2) is 24.5 Å². The number of hydrogen-bond acceptors (Lipinski definition) is 9. The van der Waals surface area contributed by atoms with Crippen molar-refractivity contribution in [3.8, 4) is 0 Å². The third kappa shape index (κ3) is 4.04. The lowest BCUT2D eigenvalue weighted by Crippen LogP contribution is -2.44. The van der Waals surface area contributed by atoms with Gasteiger partial charge < -0.3 is 15.1 Å². The second kappa shape index (κ2) is 7.68. The van der Waals surface area contributed by atoms with Gasteiger partial charge in [-0.05, 0) is 13.1 Å². The van der Waals surface area contributed by atoms with Crippen molar-refractivity contribution in [2.24, 2.45) is 0 Å². The molecule has 1 aliphatic heterocycles. The summed E-state index contributed by atoms with van der Waals surface area (Å²) in [7, 11) is 2.01. The summed E-state index contributed by atoms with van der Waals surface area (Å²) in [5, 5.41) is 25.0. The Morgan fingerprint density at radius 2 is 1.81 bits per heavy atom. The van der Waals surface area contributed by atoms with Crippen molar-refractivity contribution >= 4 is 40.2 Å². The molecule has 142 valence electrons. The van der Waals surface area contributed by atoms with E-state index >= 15 is 0 Å². The summed E-state index contributed by atoms with van der Waals surface area (Å²) in [6.45, 7) is 3.09. The molecule has 0 radical (unpaired) electrons. The van der Waals surface area contributed by atoms with Gasteiger partial charge in [0.25, 0.3) is 5.69 Å². The molecule has 0 atom stereocenters. The number of nitrogens with zero attached hydrogens (tertiary/aromatic N) is 6. The number of halogens is 1. The number of nitro benzene ring substituents is 1. The number of non-ortho nitro benzene ring substituents is 1. The van der Waals surface area contributed by atoms with Crippen LogP contribution in [0.5, 0.6) is 0 Å². The third-order valence-corrected chi connectivity index (χ3v) is 4.52.